The smallest absolute Gasteiger partial charge is 0.290 e. The Morgan fingerprint density at radius 2 is 0.803 bits per heavy atom. The Hall–Kier alpha value is -11.7. The molecule has 4 aliphatic carbocycles. The highest BCUT2D eigenvalue weighted by Crippen LogP contribution is 2.48. The van der Waals surface area contributed by atoms with Gasteiger partial charge in [-0.3, -0.25) is 18.5 Å². The van der Waals surface area contributed by atoms with Gasteiger partial charge in [0.25, 0.3) is 6.47 Å². The molecule has 38 nitrogen and oxygen atoms in total. The fraction of sp³-hybridized carbons (Fsp3) is 0.484. The number of hydrogen-bond donors (Lipinski definition) is 5. The van der Waals surface area contributed by atoms with E-state index in [1.165, 1.54) is 44.3 Å². The number of aliphatic hydroxyl groups is 1. The normalized spacial score (nSPS) is 19.4. The van der Waals surface area contributed by atoms with E-state index in [0.29, 0.717) is 219 Å². The van der Waals surface area contributed by atoms with Gasteiger partial charge in [0, 0.05) is 36.9 Å². The maximum Gasteiger partial charge on any atom is 0.290 e. The first-order chi connectivity index (χ1) is 65.6. The van der Waals surface area contributed by atoms with Gasteiger partial charge in [0.15, 0.2) is 77.3 Å². The van der Waals surface area contributed by atoms with Gasteiger partial charge in [-0.25, -0.2) is 90.2 Å². The highest BCUT2D eigenvalue weighted by atomic mass is 35.5. The maximum atomic E-state index is 13.4. The number of para-hydroxylation sites is 3. The number of imidazole rings is 3. The second-order valence-electron chi connectivity index (χ2n) is 35.1. The first-order valence-corrected chi connectivity index (χ1v) is 51.0. The molecule has 0 spiro atoms. The zero-order valence-electron chi connectivity index (χ0n) is 79.9. The molecular formula is C95H123ClN18O20S3. The van der Waals surface area contributed by atoms with Crippen molar-refractivity contribution in [1.82, 2.24) is 84.1 Å². The number of likely N-dealkylation sites (N-methyl/N-ethyl adjacent to an activating group) is 2. The van der Waals surface area contributed by atoms with Crippen LogP contribution in [0.3, 0.4) is 0 Å². The minimum absolute atomic E-state index is 0.0121. The number of nitrogens with one attached hydrogen (secondary N) is 2. The number of primary sulfonamides is 1. The molecule has 1 unspecified atom stereocenters. The van der Waals surface area contributed by atoms with Crippen LogP contribution in [0.5, 0.6) is 52.1 Å². The molecule has 5 fully saturated rings. The predicted molar refractivity (Wildman–Crippen MR) is 519 cm³/mol. The van der Waals surface area contributed by atoms with Crippen LogP contribution in [-0.2, 0) is 55.5 Å². The van der Waals surface area contributed by atoms with E-state index in [-0.39, 0.29) is 69.8 Å². The number of hydrogen-bond acceptors (Lipinski definition) is 33. The van der Waals surface area contributed by atoms with E-state index in [2.05, 4.69) is 78.4 Å². The number of aromatic nitrogens is 15. The number of sulfone groups is 2. The third-order valence-electron chi connectivity index (χ3n) is 23.6. The first kappa shape index (κ1) is 104. The lowest BCUT2D eigenvalue weighted by Gasteiger charge is -2.47. The number of sulfonamides is 1. The summed E-state index contributed by atoms with van der Waals surface area (Å²) in [4.78, 5) is 63.6. The van der Waals surface area contributed by atoms with Crippen molar-refractivity contribution >= 4 is 81.7 Å². The minimum Gasteiger partial charge on any atom is -0.494 e. The van der Waals surface area contributed by atoms with Crippen molar-refractivity contribution in [2.24, 2.45) is 28.3 Å². The molecule has 42 heteroatoms. The van der Waals surface area contributed by atoms with E-state index in [9.17, 15) is 30.4 Å². The Morgan fingerprint density at radius 3 is 1.12 bits per heavy atom. The monoisotopic (exact) mass is 1970 g/mol. The Kier molecular flexibility index (Phi) is 35.5. The second-order valence-corrected chi connectivity index (χ2v) is 41.3. The number of pyridine rings is 3. The molecule has 137 heavy (non-hydrogen) atoms. The average Bonchev–Trinajstić information content (AvgIpc) is 1.63. The van der Waals surface area contributed by atoms with Crippen LogP contribution in [0.25, 0.3) is 85.5 Å². The summed E-state index contributed by atoms with van der Waals surface area (Å²) in [5.41, 5.74) is 5.24. The number of nitrogens with two attached hydrogens (primary N) is 1. The van der Waals surface area contributed by atoms with Crippen molar-refractivity contribution in [3.63, 3.8) is 0 Å². The van der Waals surface area contributed by atoms with Crippen molar-refractivity contribution in [3.8, 4) is 104 Å². The van der Waals surface area contributed by atoms with E-state index in [1.807, 2.05) is 82.3 Å². The molecule has 4 saturated carbocycles. The van der Waals surface area contributed by atoms with Crippen LogP contribution in [0.1, 0.15) is 143 Å². The molecule has 3 atom stereocenters. The molecule has 3 aromatic carbocycles. The van der Waals surface area contributed by atoms with Gasteiger partial charge in [0.05, 0.1) is 132 Å². The zero-order valence-corrected chi connectivity index (χ0v) is 83.1. The van der Waals surface area contributed by atoms with Gasteiger partial charge in [0.2, 0.25) is 27.7 Å². The number of fused-ring (bicyclic) bond motifs is 3. The van der Waals surface area contributed by atoms with Gasteiger partial charge in [0.1, 0.15) is 73.8 Å². The van der Waals surface area contributed by atoms with Crippen molar-refractivity contribution in [2.75, 3.05) is 100 Å². The van der Waals surface area contributed by atoms with Gasteiger partial charge in [-0.05, 0) is 197 Å². The summed E-state index contributed by atoms with van der Waals surface area (Å²) in [6.07, 6.45) is 16.9. The van der Waals surface area contributed by atoms with Gasteiger partial charge in [-0.2, -0.15) is 0 Å². The maximum absolute atomic E-state index is 13.4. The highest BCUT2D eigenvalue weighted by molar-refractivity contribution is 7.91. The van der Waals surface area contributed by atoms with E-state index < -0.39 is 35.3 Å². The molecule has 1 aliphatic heterocycles. The molecule has 0 amide bonds. The summed E-state index contributed by atoms with van der Waals surface area (Å²) in [6, 6.07) is 33.9. The Balaban J connectivity index is 0.000000166. The lowest BCUT2D eigenvalue weighted by atomic mass is 9.65. The predicted octanol–water partition coefficient (Wildman–Crippen LogP) is 13.4. The minimum atomic E-state index is -3.50. The molecule has 738 valence electrons. The largest absolute Gasteiger partial charge is 0.494 e. The van der Waals surface area contributed by atoms with Crippen LogP contribution in [0.15, 0.2) is 128 Å². The summed E-state index contributed by atoms with van der Waals surface area (Å²) in [5.74, 6) is 5.77. The summed E-state index contributed by atoms with van der Waals surface area (Å²) in [5, 5.41) is 28.7. The number of rotatable bonds is 32. The number of nitrogens with zero attached hydrogens (tertiary/aromatic N) is 15. The molecule has 0 radical (unpaired) electrons. The standard InChI is InChI=1S/C32H39N5O7S.C27H31N5O6S.C20H18ClN5O3.C8H18N2.C7H15NO2S.CH2O2/c1-5-42-26-13-8-10-23(35-26)30-36-29-31(37(30)28-24(40-3)11-9-12-25(28)41-4)34-22(18-33-29)20-45(38,39)19-21-16-32(2,17-21)44-27-14-6-7-15-43-27;1-5-38-22-11-6-8-19(30-22)25-31-24-26(32(25)23-20(36-3)9-7-10-21(23)37-4)29-18(14-28-24)16-39(34,35)15-17-12-27(2,33)13-17;1-4-29-16-10-5-7-12(23-16)19-25-18-20(24-15(21)11-22-18)26(19)17-13(27-2)8-6-9-14(17)28-3;1-9-7-5-3-4-6-8(7)10-2;1-7(2)3-6(4-7)5-11(8,9)10;2-1-3/h8-13,18,21,27H,5-7,14-17,19-20H2,1-4H3;6-11,14,17,33H,5,12-13,15-16H2,1-4H3;5-11H,4H2,1-3H3;7-10H,3-6H2,1-2H3;6H,3-5H2,1-2H3,(H2,8,9,10);1H,(H,2,3)/t;;;7-,8-;;/m...1../s1. The van der Waals surface area contributed by atoms with Crippen LogP contribution in [0, 0.1) is 23.2 Å². The molecule has 9 aromatic heterocycles. The van der Waals surface area contributed by atoms with Gasteiger partial charge in [-0.1, -0.05) is 74.7 Å². The Labute approximate surface area is 803 Å². The SMILES string of the molecule is CC1(C)CC(CS(N)(=O)=O)C1.CCOc1cccc(-c2nc3ncc(CS(=O)(=O)CC4CC(C)(O)C4)nc3n2-c2c(OC)cccc2OC)n1.CCOc1cccc(-c2nc3ncc(CS(=O)(=O)CC4CC(C)(OC5CCCCO5)C4)nc3n2-c2c(OC)cccc2OC)n1.CCOc1cccc(-c2nc3ncc(Cl)nc3n2-c2c(OC)cccc2OC)n1.CN[C@@H]1CCCC[C@H]1NC.O=CO. The molecule has 6 N–H and O–H groups in total. The van der Waals surface area contributed by atoms with Crippen LogP contribution in [0.4, 0.5) is 0 Å². The second kappa shape index (κ2) is 46.7. The van der Waals surface area contributed by atoms with Crippen molar-refractivity contribution in [2.45, 2.75) is 173 Å². The molecule has 17 rings (SSSR count). The van der Waals surface area contributed by atoms with E-state index >= 15 is 0 Å². The first-order valence-electron chi connectivity index (χ1n) is 45.3. The number of carboxylic acid groups (broad SMARTS) is 1. The van der Waals surface area contributed by atoms with Crippen molar-refractivity contribution in [3.05, 3.63) is 144 Å². The van der Waals surface area contributed by atoms with Crippen LogP contribution in [-0.4, -0.2) is 245 Å². The molecule has 10 heterocycles. The van der Waals surface area contributed by atoms with Crippen LogP contribution >= 0.6 is 11.6 Å². The summed E-state index contributed by atoms with van der Waals surface area (Å²) < 4.78 is 142. The Bertz CT molecular complexity index is 6380. The lowest BCUT2D eigenvalue weighted by molar-refractivity contribution is -0.248. The molecular weight excluding hydrogens is 1840 g/mol. The number of halogens is 1. The summed E-state index contributed by atoms with van der Waals surface area (Å²) in [7, 11) is 3.27. The highest BCUT2D eigenvalue weighted by Gasteiger charge is 2.46. The van der Waals surface area contributed by atoms with E-state index in [1.54, 1.807) is 118 Å². The molecule has 12 aromatic rings. The van der Waals surface area contributed by atoms with Gasteiger partial charge >= 0.3 is 0 Å². The Morgan fingerprint density at radius 1 is 0.467 bits per heavy atom. The third-order valence-corrected chi connectivity index (χ3v) is 28.2. The summed E-state index contributed by atoms with van der Waals surface area (Å²) in [6.45, 7) is 15.6. The topological polar surface area (TPSA) is 481 Å². The fourth-order valence-corrected chi connectivity index (χ4v) is 22.6. The van der Waals surface area contributed by atoms with E-state index in [0.717, 1.165) is 32.1 Å². The van der Waals surface area contributed by atoms with Gasteiger partial charge in [-0.15, -0.1) is 0 Å². The van der Waals surface area contributed by atoms with Crippen molar-refractivity contribution in [1.29, 1.82) is 0 Å². The molecule has 5 aliphatic rings. The lowest BCUT2D eigenvalue weighted by Crippen LogP contribution is -2.49. The third kappa shape index (κ3) is 26.8. The quantitative estimate of drug-likeness (QED) is 0.0244. The number of carbonyl (C=O) groups is 1. The zero-order chi connectivity index (χ0) is 98.6. The average molecular weight is 1970 g/mol. The number of methoxy groups -OCH3 is 6. The molecule has 1 saturated heterocycles. The summed E-state index contributed by atoms with van der Waals surface area (Å²) >= 11 is 6.13. The van der Waals surface area contributed by atoms with Crippen LogP contribution in [0.2, 0.25) is 5.15 Å². The molecule has 0 bridgehead atoms. The van der Waals surface area contributed by atoms with Crippen molar-refractivity contribution < 1.29 is 92.4 Å². The van der Waals surface area contributed by atoms with E-state index in [4.69, 9.17) is 98.7 Å². The van der Waals surface area contributed by atoms with Crippen LogP contribution < -0.4 is 58.4 Å². The van der Waals surface area contributed by atoms with Gasteiger partial charge < -0.3 is 73.0 Å². The number of ether oxygens (including phenoxy) is 11. The fourth-order valence-electron chi connectivity index (χ4n) is 18.2. The number of benzene rings is 3.